The minimum absolute atomic E-state index is 0.262. The van der Waals surface area contributed by atoms with Crippen molar-refractivity contribution in [1.82, 2.24) is 0 Å². The normalized spacial score (nSPS) is 15.8. The molecule has 8 rings (SSSR count). The predicted molar refractivity (Wildman–Crippen MR) is 159 cm³/mol. The minimum Gasteiger partial charge on any atom is -0.310 e. The van der Waals surface area contributed by atoms with Gasteiger partial charge in [-0.15, -0.1) is 0 Å². The number of Topliss-reactive ketones (excluding diaryl/α,β-unsaturated/α-hetero) is 1. The van der Waals surface area contributed by atoms with Crippen LogP contribution in [0.4, 0.5) is 17.1 Å². The number of ketones is 1. The topological polar surface area (TPSA) is 20.3 Å². The second kappa shape index (κ2) is 8.04. The van der Waals surface area contributed by atoms with Crippen molar-refractivity contribution in [3.05, 3.63) is 148 Å². The van der Waals surface area contributed by atoms with E-state index in [1.165, 1.54) is 61.4 Å². The molecule has 39 heavy (non-hydrogen) atoms. The molecule has 2 aliphatic carbocycles. The monoisotopic (exact) mass is 503 g/mol. The third kappa shape index (κ3) is 2.95. The van der Waals surface area contributed by atoms with E-state index in [9.17, 15) is 4.79 Å². The third-order valence-corrected chi connectivity index (χ3v) is 9.05. The van der Waals surface area contributed by atoms with Crippen LogP contribution in [0.15, 0.2) is 103 Å². The number of fused-ring (bicyclic) bond motifs is 10. The molecule has 0 fully saturated rings. The van der Waals surface area contributed by atoms with Gasteiger partial charge in [0.05, 0.1) is 16.8 Å². The van der Waals surface area contributed by atoms with Crippen LogP contribution in [0.2, 0.25) is 0 Å². The second-order valence-corrected chi connectivity index (χ2v) is 11.3. The molecule has 1 spiro atoms. The van der Waals surface area contributed by atoms with E-state index in [2.05, 4.69) is 122 Å². The number of carbonyl (C=O) groups excluding carboxylic acids is 1. The first-order valence-electron chi connectivity index (χ1n) is 14.0. The standard InChI is InChI=1S/C37H29NO/c1-23-14-18-34-32(20-23)37(30-11-5-3-9-27(30)28-10-4-6-12-31(28)37)33-21-24(2)15-19-35(33)38(34)26-17-16-25-8-7-13-36(39)29(25)22-26/h3-6,9-12,14-22H,7-8,13H2,1-2H3. The van der Waals surface area contributed by atoms with Crippen molar-refractivity contribution < 1.29 is 4.79 Å². The molecule has 3 aliphatic rings. The van der Waals surface area contributed by atoms with Crippen molar-refractivity contribution in [1.29, 1.82) is 0 Å². The van der Waals surface area contributed by atoms with Crippen LogP contribution in [0.25, 0.3) is 11.1 Å². The SMILES string of the molecule is Cc1ccc2c(c1)C1(c3ccccc3-c3ccccc31)c1cc(C)ccc1N2c1ccc2c(c1)C(=O)CCC2. The average molecular weight is 504 g/mol. The Morgan fingerprint density at radius 3 is 1.79 bits per heavy atom. The van der Waals surface area contributed by atoms with Crippen molar-refractivity contribution in [3.8, 4) is 11.1 Å². The minimum atomic E-state index is -0.420. The molecule has 0 amide bonds. The molecule has 0 saturated heterocycles. The van der Waals surface area contributed by atoms with Crippen LogP contribution in [0.5, 0.6) is 0 Å². The zero-order valence-electron chi connectivity index (χ0n) is 22.3. The summed E-state index contributed by atoms with van der Waals surface area (Å²) in [5.41, 5.74) is 15.4. The first-order valence-corrected chi connectivity index (χ1v) is 14.0. The van der Waals surface area contributed by atoms with Gasteiger partial charge >= 0.3 is 0 Å². The Morgan fingerprint density at radius 2 is 1.18 bits per heavy atom. The van der Waals surface area contributed by atoms with Crippen LogP contribution in [0.1, 0.15) is 62.1 Å². The number of anilines is 3. The maximum Gasteiger partial charge on any atom is 0.163 e. The number of rotatable bonds is 1. The number of hydrogen-bond acceptors (Lipinski definition) is 2. The Hall–Kier alpha value is -4.43. The van der Waals surface area contributed by atoms with Gasteiger partial charge in [-0.05, 0) is 89.9 Å². The summed E-state index contributed by atoms with van der Waals surface area (Å²) in [7, 11) is 0. The van der Waals surface area contributed by atoms with Crippen molar-refractivity contribution >= 4 is 22.8 Å². The molecule has 5 aromatic carbocycles. The molecule has 0 atom stereocenters. The lowest BCUT2D eigenvalue weighted by Gasteiger charge is -2.45. The smallest absolute Gasteiger partial charge is 0.163 e. The predicted octanol–water partition coefficient (Wildman–Crippen LogP) is 8.97. The highest BCUT2D eigenvalue weighted by molar-refractivity contribution is 6.01. The molecule has 0 N–H and O–H groups in total. The van der Waals surface area contributed by atoms with Crippen LogP contribution >= 0.6 is 0 Å². The fraction of sp³-hybridized carbons (Fsp3) is 0.162. The Morgan fingerprint density at radius 1 is 0.590 bits per heavy atom. The fourth-order valence-electron chi connectivity index (χ4n) is 7.41. The van der Waals surface area contributed by atoms with Gasteiger partial charge < -0.3 is 4.90 Å². The number of aryl methyl sites for hydroxylation is 3. The first kappa shape index (κ1) is 22.5. The Labute approximate surface area is 229 Å². The zero-order chi connectivity index (χ0) is 26.3. The van der Waals surface area contributed by atoms with E-state index in [0.29, 0.717) is 6.42 Å². The number of benzene rings is 5. The Kier molecular flexibility index (Phi) is 4.65. The highest BCUT2D eigenvalue weighted by Crippen LogP contribution is 2.63. The number of carbonyl (C=O) groups is 1. The Balaban J connectivity index is 1.50. The van der Waals surface area contributed by atoms with E-state index in [0.717, 1.165) is 24.1 Å². The molecule has 0 saturated carbocycles. The molecule has 1 heterocycles. The van der Waals surface area contributed by atoms with E-state index in [-0.39, 0.29) is 5.78 Å². The van der Waals surface area contributed by atoms with Gasteiger partial charge in [0, 0.05) is 17.7 Å². The molecule has 5 aromatic rings. The lowest BCUT2D eigenvalue weighted by Crippen LogP contribution is -2.36. The summed E-state index contributed by atoms with van der Waals surface area (Å²) in [5.74, 6) is 0.262. The van der Waals surface area contributed by atoms with Crippen LogP contribution in [-0.2, 0) is 11.8 Å². The van der Waals surface area contributed by atoms with E-state index in [1.807, 2.05) is 0 Å². The molecular weight excluding hydrogens is 474 g/mol. The number of hydrogen-bond donors (Lipinski definition) is 0. The second-order valence-electron chi connectivity index (χ2n) is 11.3. The van der Waals surface area contributed by atoms with E-state index >= 15 is 0 Å². The summed E-state index contributed by atoms with van der Waals surface area (Å²) >= 11 is 0. The summed E-state index contributed by atoms with van der Waals surface area (Å²) in [5, 5.41) is 0. The van der Waals surface area contributed by atoms with E-state index < -0.39 is 5.41 Å². The Bertz CT molecular complexity index is 1740. The summed E-state index contributed by atoms with van der Waals surface area (Å²) in [6.07, 6.45) is 2.56. The summed E-state index contributed by atoms with van der Waals surface area (Å²) in [6.45, 7) is 4.38. The molecule has 0 radical (unpaired) electrons. The van der Waals surface area contributed by atoms with Crippen molar-refractivity contribution in [2.75, 3.05) is 4.90 Å². The van der Waals surface area contributed by atoms with Gasteiger partial charge in [-0.1, -0.05) is 90.0 Å². The maximum atomic E-state index is 13.0. The quantitative estimate of drug-likeness (QED) is 0.223. The molecule has 0 unspecified atom stereocenters. The number of nitrogens with zero attached hydrogens (tertiary/aromatic N) is 1. The molecule has 0 aromatic heterocycles. The highest BCUT2D eigenvalue weighted by atomic mass is 16.1. The molecular formula is C37H29NO. The lowest BCUT2D eigenvalue weighted by molar-refractivity contribution is 0.0972. The van der Waals surface area contributed by atoms with Crippen LogP contribution < -0.4 is 4.90 Å². The zero-order valence-corrected chi connectivity index (χ0v) is 22.3. The van der Waals surface area contributed by atoms with E-state index in [1.54, 1.807) is 0 Å². The maximum absolute atomic E-state index is 13.0. The van der Waals surface area contributed by atoms with Crippen molar-refractivity contribution in [3.63, 3.8) is 0 Å². The average Bonchev–Trinajstić information content (AvgIpc) is 3.25. The molecule has 2 heteroatoms. The summed E-state index contributed by atoms with van der Waals surface area (Å²) in [6, 6.07) is 38.1. The van der Waals surface area contributed by atoms with Crippen molar-refractivity contribution in [2.24, 2.45) is 0 Å². The van der Waals surface area contributed by atoms with Gasteiger partial charge in [0.15, 0.2) is 5.78 Å². The molecule has 188 valence electrons. The third-order valence-electron chi connectivity index (χ3n) is 9.05. The van der Waals surface area contributed by atoms with Crippen LogP contribution in [0, 0.1) is 13.8 Å². The van der Waals surface area contributed by atoms with Gasteiger partial charge in [0.1, 0.15) is 0 Å². The summed E-state index contributed by atoms with van der Waals surface area (Å²) in [4.78, 5) is 15.4. The van der Waals surface area contributed by atoms with Gasteiger partial charge in [-0.2, -0.15) is 0 Å². The van der Waals surface area contributed by atoms with Crippen molar-refractivity contribution in [2.45, 2.75) is 38.5 Å². The largest absolute Gasteiger partial charge is 0.310 e. The van der Waals surface area contributed by atoms with E-state index in [4.69, 9.17) is 0 Å². The lowest BCUT2D eigenvalue weighted by atomic mass is 9.64. The molecule has 2 nitrogen and oxygen atoms in total. The first-order chi connectivity index (χ1) is 19.1. The van der Waals surface area contributed by atoms with Gasteiger partial charge in [0.2, 0.25) is 0 Å². The van der Waals surface area contributed by atoms with Gasteiger partial charge in [-0.3, -0.25) is 4.79 Å². The highest BCUT2D eigenvalue weighted by Gasteiger charge is 2.51. The van der Waals surface area contributed by atoms with Crippen LogP contribution in [-0.4, -0.2) is 5.78 Å². The van der Waals surface area contributed by atoms with Gasteiger partial charge in [-0.25, -0.2) is 0 Å². The van der Waals surface area contributed by atoms with Crippen LogP contribution in [0.3, 0.4) is 0 Å². The molecule has 0 bridgehead atoms. The summed E-state index contributed by atoms with van der Waals surface area (Å²) < 4.78 is 0. The van der Waals surface area contributed by atoms with Gasteiger partial charge in [0.25, 0.3) is 0 Å². The molecule has 1 aliphatic heterocycles. The fourth-order valence-corrected chi connectivity index (χ4v) is 7.41.